The van der Waals surface area contributed by atoms with Gasteiger partial charge in [0.1, 0.15) is 11.5 Å². The Labute approximate surface area is 293 Å². The van der Waals surface area contributed by atoms with Crippen LogP contribution >= 0.6 is 0 Å². The van der Waals surface area contributed by atoms with E-state index >= 15 is 8.78 Å². The molecule has 5 heterocycles. The fourth-order valence-electron chi connectivity index (χ4n) is 6.54. The van der Waals surface area contributed by atoms with Crippen molar-refractivity contribution < 1.29 is 18.3 Å². The molecular formula is C37H38F2N10O2. The van der Waals surface area contributed by atoms with Crippen molar-refractivity contribution in [3.8, 4) is 28.5 Å². The summed E-state index contributed by atoms with van der Waals surface area (Å²) >= 11 is 0. The van der Waals surface area contributed by atoms with Gasteiger partial charge in [-0.15, -0.1) is 5.10 Å². The number of carbonyl (C=O) groups is 1. The minimum atomic E-state index is -3.15. The Kier molecular flexibility index (Phi) is 8.69. The summed E-state index contributed by atoms with van der Waals surface area (Å²) in [5.41, 5.74) is 7.47. The Bertz CT molecular complexity index is 2270. The number of ether oxygens (including phenoxy) is 1. The number of likely N-dealkylation sites (tertiary alicyclic amines) is 1. The predicted octanol–water partition coefficient (Wildman–Crippen LogP) is 6.18. The van der Waals surface area contributed by atoms with Gasteiger partial charge in [0, 0.05) is 61.2 Å². The van der Waals surface area contributed by atoms with Crippen molar-refractivity contribution >= 4 is 28.3 Å². The Morgan fingerprint density at radius 1 is 1.04 bits per heavy atom. The molecule has 262 valence electrons. The molecule has 1 saturated heterocycles. The molecule has 1 atom stereocenters. The van der Waals surface area contributed by atoms with Crippen LogP contribution in [-0.4, -0.2) is 83.7 Å². The number of alkyl halides is 2. The highest BCUT2D eigenvalue weighted by atomic mass is 19.3. The summed E-state index contributed by atoms with van der Waals surface area (Å²) in [6.45, 7) is 5.34. The van der Waals surface area contributed by atoms with Crippen molar-refractivity contribution in [1.29, 1.82) is 0 Å². The molecule has 0 saturated carbocycles. The number of aromatic nitrogens is 8. The molecule has 0 N–H and O–H groups in total. The fraction of sp³-hybridized carbons (Fsp3) is 0.324. The van der Waals surface area contributed by atoms with E-state index in [1.165, 1.54) is 16.7 Å². The normalized spacial score (nSPS) is 15.7. The van der Waals surface area contributed by atoms with Gasteiger partial charge in [0.2, 0.25) is 0 Å². The van der Waals surface area contributed by atoms with Crippen LogP contribution in [0.3, 0.4) is 0 Å². The third-order valence-electron chi connectivity index (χ3n) is 9.75. The highest BCUT2D eigenvalue weighted by Crippen LogP contribution is 2.37. The van der Waals surface area contributed by atoms with Crippen LogP contribution in [0.15, 0.2) is 67.3 Å². The first-order valence-electron chi connectivity index (χ1n) is 16.6. The molecule has 1 fully saturated rings. The van der Waals surface area contributed by atoms with Crippen molar-refractivity contribution in [3.05, 3.63) is 89.5 Å². The lowest BCUT2D eigenvalue weighted by Crippen LogP contribution is -2.51. The smallest absolute Gasteiger partial charge is 0.318 e. The van der Waals surface area contributed by atoms with Gasteiger partial charge in [-0.1, -0.05) is 23.4 Å². The number of nitrogens with zero attached hydrogens (tertiary/aromatic N) is 10. The summed E-state index contributed by atoms with van der Waals surface area (Å²) in [5, 5.41) is 13.5. The SMILES string of the molecule is COc1nccc(N(C)c2ccc(C)c(-c3cn(CC4CCN(C(=O)c5cc(-c6cnn(C)c6)nc6c(C)c(C)ccc56)CC4(F)F)nn3)c2)n1. The second-order valence-corrected chi connectivity index (χ2v) is 13.1. The van der Waals surface area contributed by atoms with Crippen LogP contribution < -0.4 is 9.64 Å². The summed E-state index contributed by atoms with van der Waals surface area (Å²) in [4.78, 5) is 30.5. The maximum absolute atomic E-state index is 15.9. The molecule has 2 aromatic carbocycles. The number of anilines is 2. The summed E-state index contributed by atoms with van der Waals surface area (Å²) in [6, 6.07) is 13.4. The number of pyridine rings is 1. The maximum atomic E-state index is 15.9. The van der Waals surface area contributed by atoms with Gasteiger partial charge in [-0.3, -0.25) is 14.2 Å². The van der Waals surface area contributed by atoms with Crippen molar-refractivity contribution in [2.24, 2.45) is 13.0 Å². The van der Waals surface area contributed by atoms with Crippen LogP contribution in [-0.2, 0) is 13.6 Å². The first kappa shape index (κ1) is 33.7. The Morgan fingerprint density at radius 3 is 2.59 bits per heavy atom. The second kappa shape index (κ2) is 13.2. The van der Waals surface area contributed by atoms with Crippen LogP contribution in [0.5, 0.6) is 6.01 Å². The largest absolute Gasteiger partial charge is 0.467 e. The highest BCUT2D eigenvalue weighted by Gasteiger charge is 2.46. The van der Waals surface area contributed by atoms with E-state index in [1.54, 1.807) is 42.5 Å². The molecule has 6 aromatic rings. The summed E-state index contributed by atoms with van der Waals surface area (Å²) in [6.07, 6.45) is 6.91. The molecule has 1 unspecified atom stereocenters. The number of amides is 1. The van der Waals surface area contributed by atoms with Crippen molar-refractivity contribution in [3.63, 3.8) is 0 Å². The van der Waals surface area contributed by atoms with Crippen LogP contribution in [0.2, 0.25) is 0 Å². The molecule has 0 radical (unpaired) electrons. The molecule has 0 spiro atoms. The molecule has 4 aromatic heterocycles. The Balaban J connectivity index is 1.09. The molecular weight excluding hydrogens is 654 g/mol. The van der Waals surface area contributed by atoms with Gasteiger partial charge in [-0.25, -0.2) is 18.7 Å². The molecule has 1 amide bonds. The van der Waals surface area contributed by atoms with E-state index in [9.17, 15) is 4.79 Å². The Hall–Kier alpha value is -5.79. The summed E-state index contributed by atoms with van der Waals surface area (Å²) < 4.78 is 40.1. The number of rotatable bonds is 8. The van der Waals surface area contributed by atoms with Crippen molar-refractivity contribution in [2.45, 2.75) is 39.7 Å². The van der Waals surface area contributed by atoms with E-state index in [4.69, 9.17) is 9.72 Å². The number of carbonyl (C=O) groups excluding carboxylic acids is 1. The molecule has 51 heavy (non-hydrogen) atoms. The number of hydrogen-bond donors (Lipinski definition) is 0. The van der Waals surface area contributed by atoms with Crippen LogP contribution in [0.25, 0.3) is 33.4 Å². The minimum absolute atomic E-state index is 0.0385. The van der Waals surface area contributed by atoms with Gasteiger partial charge >= 0.3 is 6.01 Å². The number of hydrogen-bond acceptors (Lipinski definition) is 9. The van der Waals surface area contributed by atoms with Crippen molar-refractivity contribution in [1.82, 2.24) is 44.6 Å². The zero-order chi connectivity index (χ0) is 36.0. The first-order chi connectivity index (χ1) is 24.4. The standard InChI is InChI=1S/C37H38F2N10O2/c1-22-8-10-28-30(16-31(42-34(28)24(22)3)25-17-41-46(4)18-25)35(50)48-14-12-26(37(38,39)21-48)19-49-20-32(44-45-49)29-15-27(9-7-23(29)2)47(5)33-11-13-40-36(43-33)51-6/h7-11,13,15-18,20,26H,12,14,19,21H2,1-6H3. The topological polar surface area (TPSA) is 120 Å². The van der Waals surface area contributed by atoms with Gasteiger partial charge in [-0.05, 0) is 68.1 Å². The first-order valence-corrected chi connectivity index (χ1v) is 16.6. The van der Waals surface area contributed by atoms with E-state index in [0.717, 1.165) is 33.5 Å². The summed E-state index contributed by atoms with van der Waals surface area (Å²) in [5.74, 6) is -3.99. The monoisotopic (exact) mass is 692 g/mol. The molecule has 1 aliphatic rings. The van der Waals surface area contributed by atoms with Crippen LogP contribution in [0.1, 0.15) is 33.5 Å². The quantitative estimate of drug-likeness (QED) is 0.184. The zero-order valence-electron chi connectivity index (χ0n) is 29.3. The lowest BCUT2D eigenvalue weighted by molar-refractivity contribution is -0.108. The number of aryl methyl sites for hydroxylation is 4. The number of methoxy groups -OCH3 is 1. The number of benzene rings is 2. The average Bonchev–Trinajstić information content (AvgIpc) is 3.79. The van der Waals surface area contributed by atoms with E-state index in [1.807, 2.05) is 69.2 Å². The van der Waals surface area contributed by atoms with Gasteiger partial charge in [0.05, 0.1) is 49.4 Å². The molecule has 12 nitrogen and oxygen atoms in total. The predicted molar refractivity (Wildman–Crippen MR) is 189 cm³/mol. The maximum Gasteiger partial charge on any atom is 0.318 e. The third-order valence-corrected chi connectivity index (χ3v) is 9.75. The molecule has 0 aliphatic carbocycles. The van der Waals surface area contributed by atoms with E-state index in [0.29, 0.717) is 33.7 Å². The second-order valence-electron chi connectivity index (χ2n) is 13.1. The molecule has 1 aliphatic heterocycles. The van der Waals surface area contributed by atoms with E-state index < -0.39 is 24.3 Å². The average molecular weight is 693 g/mol. The third kappa shape index (κ3) is 6.48. The minimum Gasteiger partial charge on any atom is -0.467 e. The van der Waals surface area contributed by atoms with Gasteiger partial charge in [0.25, 0.3) is 11.8 Å². The molecule has 14 heteroatoms. The highest BCUT2D eigenvalue weighted by molar-refractivity contribution is 6.08. The lowest BCUT2D eigenvalue weighted by atomic mass is 9.91. The van der Waals surface area contributed by atoms with Crippen LogP contribution in [0.4, 0.5) is 20.3 Å². The summed E-state index contributed by atoms with van der Waals surface area (Å²) in [7, 11) is 5.19. The van der Waals surface area contributed by atoms with E-state index in [2.05, 4.69) is 25.4 Å². The van der Waals surface area contributed by atoms with Gasteiger partial charge in [-0.2, -0.15) is 10.1 Å². The fourth-order valence-corrected chi connectivity index (χ4v) is 6.54. The molecule has 0 bridgehead atoms. The number of halogens is 2. The van der Waals surface area contributed by atoms with Crippen LogP contribution in [0, 0.1) is 26.7 Å². The number of fused-ring (bicyclic) bond motifs is 1. The number of piperidine rings is 1. The lowest BCUT2D eigenvalue weighted by Gasteiger charge is -2.38. The van der Waals surface area contributed by atoms with Gasteiger partial charge < -0.3 is 14.5 Å². The van der Waals surface area contributed by atoms with E-state index in [-0.39, 0.29) is 25.5 Å². The zero-order valence-corrected chi connectivity index (χ0v) is 29.3. The van der Waals surface area contributed by atoms with Gasteiger partial charge in [0.15, 0.2) is 0 Å². The molecule has 7 rings (SSSR count). The Morgan fingerprint density at radius 2 is 1.84 bits per heavy atom. The van der Waals surface area contributed by atoms with Crippen molar-refractivity contribution in [2.75, 3.05) is 32.1 Å².